The van der Waals surface area contributed by atoms with Crippen molar-refractivity contribution < 1.29 is 28.6 Å². The predicted molar refractivity (Wildman–Crippen MR) is 339 cm³/mol. The predicted octanol–water partition coefficient (Wildman–Crippen LogP) is 23.7. The quantitative estimate of drug-likeness (QED) is 0.0261. The van der Waals surface area contributed by atoms with E-state index in [1.54, 1.807) is 0 Å². The molecule has 1 unspecified atom stereocenters. The molecule has 0 aliphatic rings. The molecule has 0 aromatic carbocycles. The largest absolute Gasteiger partial charge is 0.462 e. The van der Waals surface area contributed by atoms with Gasteiger partial charge in [0.2, 0.25) is 0 Å². The first-order chi connectivity index (χ1) is 38.5. The Morgan fingerprint density at radius 3 is 0.782 bits per heavy atom. The molecular formula is C72H132O6. The van der Waals surface area contributed by atoms with Gasteiger partial charge in [0, 0.05) is 19.3 Å². The fourth-order valence-corrected chi connectivity index (χ4v) is 10.4. The average molecular weight is 1090 g/mol. The van der Waals surface area contributed by atoms with Gasteiger partial charge in [0.15, 0.2) is 6.10 Å². The maximum absolute atomic E-state index is 12.9. The average Bonchev–Trinajstić information content (AvgIpc) is 3.44. The summed E-state index contributed by atoms with van der Waals surface area (Å²) in [4.78, 5) is 38.1. The van der Waals surface area contributed by atoms with Gasteiger partial charge in [-0.3, -0.25) is 14.4 Å². The van der Waals surface area contributed by atoms with Crippen LogP contribution in [0.5, 0.6) is 0 Å². The second kappa shape index (κ2) is 66.9. The van der Waals surface area contributed by atoms with Crippen LogP contribution >= 0.6 is 0 Å². The molecule has 0 rings (SSSR count). The second-order valence-corrected chi connectivity index (χ2v) is 23.4. The zero-order valence-corrected chi connectivity index (χ0v) is 52.5. The van der Waals surface area contributed by atoms with E-state index in [1.807, 2.05) is 0 Å². The Morgan fingerprint density at radius 1 is 0.269 bits per heavy atom. The second-order valence-electron chi connectivity index (χ2n) is 23.4. The van der Waals surface area contributed by atoms with Crippen LogP contribution in [-0.2, 0) is 28.6 Å². The van der Waals surface area contributed by atoms with Gasteiger partial charge in [0.1, 0.15) is 13.2 Å². The lowest BCUT2D eigenvalue weighted by Crippen LogP contribution is -2.30. The van der Waals surface area contributed by atoms with Gasteiger partial charge in [0.25, 0.3) is 0 Å². The molecule has 0 fully saturated rings. The van der Waals surface area contributed by atoms with E-state index in [2.05, 4.69) is 69.4 Å². The highest BCUT2D eigenvalue weighted by Crippen LogP contribution is 2.19. The van der Waals surface area contributed by atoms with E-state index in [0.29, 0.717) is 19.3 Å². The van der Waals surface area contributed by atoms with E-state index in [9.17, 15) is 14.4 Å². The van der Waals surface area contributed by atoms with Gasteiger partial charge in [-0.05, 0) is 57.8 Å². The van der Waals surface area contributed by atoms with Crippen LogP contribution in [0.3, 0.4) is 0 Å². The molecular weight excluding hydrogens is 961 g/mol. The molecule has 0 spiro atoms. The van der Waals surface area contributed by atoms with Crippen molar-refractivity contribution in [1.82, 2.24) is 0 Å². The molecule has 0 bridgehead atoms. The lowest BCUT2D eigenvalue weighted by atomic mass is 10.0. The van der Waals surface area contributed by atoms with Crippen LogP contribution in [0.1, 0.15) is 374 Å². The summed E-state index contributed by atoms with van der Waals surface area (Å²) in [5.74, 6) is -0.859. The Balaban J connectivity index is 3.98. The third-order valence-corrected chi connectivity index (χ3v) is 15.6. The summed E-state index contributed by atoms with van der Waals surface area (Å²) in [6, 6.07) is 0. The summed E-state index contributed by atoms with van der Waals surface area (Å²) in [5.41, 5.74) is 0. The number of hydrogen-bond acceptors (Lipinski definition) is 6. The van der Waals surface area contributed by atoms with E-state index in [0.717, 1.165) is 83.5 Å². The van der Waals surface area contributed by atoms with Gasteiger partial charge in [0.05, 0.1) is 0 Å². The maximum Gasteiger partial charge on any atom is 0.306 e. The summed E-state index contributed by atoms with van der Waals surface area (Å²) >= 11 is 0. The normalized spacial score (nSPS) is 12.3. The van der Waals surface area contributed by atoms with Gasteiger partial charge in [-0.2, -0.15) is 0 Å². The van der Waals surface area contributed by atoms with Crippen molar-refractivity contribution >= 4 is 17.9 Å². The number of ether oxygens (including phenoxy) is 3. The fraction of sp³-hybridized carbons (Fsp3) is 0.847. The number of esters is 3. The van der Waals surface area contributed by atoms with Gasteiger partial charge in [-0.25, -0.2) is 0 Å². The molecule has 456 valence electrons. The molecule has 78 heavy (non-hydrogen) atoms. The highest BCUT2D eigenvalue weighted by molar-refractivity contribution is 5.71. The third-order valence-electron chi connectivity index (χ3n) is 15.6. The van der Waals surface area contributed by atoms with Crippen LogP contribution < -0.4 is 0 Å². The monoisotopic (exact) mass is 1090 g/mol. The minimum atomic E-state index is -0.769. The summed E-state index contributed by atoms with van der Waals surface area (Å²) in [7, 11) is 0. The van der Waals surface area contributed by atoms with Crippen molar-refractivity contribution in [3.63, 3.8) is 0 Å². The van der Waals surface area contributed by atoms with E-state index >= 15 is 0 Å². The minimum Gasteiger partial charge on any atom is -0.462 e. The van der Waals surface area contributed by atoms with Gasteiger partial charge in [-0.15, -0.1) is 0 Å². The summed E-state index contributed by atoms with van der Waals surface area (Å²) < 4.78 is 16.9. The van der Waals surface area contributed by atoms with Crippen molar-refractivity contribution in [3.8, 4) is 0 Å². The first-order valence-electron chi connectivity index (χ1n) is 34.6. The Labute approximate surface area is 486 Å². The lowest BCUT2D eigenvalue weighted by Gasteiger charge is -2.18. The molecule has 0 amide bonds. The van der Waals surface area contributed by atoms with Gasteiger partial charge >= 0.3 is 17.9 Å². The van der Waals surface area contributed by atoms with Crippen molar-refractivity contribution in [2.24, 2.45) is 0 Å². The van der Waals surface area contributed by atoms with Crippen molar-refractivity contribution in [2.75, 3.05) is 13.2 Å². The zero-order valence-electron chi connectivity index (χ0n) is 52.5. The van der Waals surface area contributed by atoms with Crippen LogP contribution in [-0.4, -0.2) is 37.2 Å². The molecule has 0 aromatic rings. The molecule has 0 heterocycles. The molecule has 0 aromatic heterocycles. The molecule has 1 atom stereocenters. The number of hydrogen-bond donors (Lipinski definition) is 0. The summed E-state index contributed by atoms with van der Waals surface area (Å²) in [6.45, 7) is 6.53. The smallest absolute Gasteiger partial charge is 0.306 e. The topological polar surface area (TPSA) is 78.9 Å². The molecule has 6 nitrogen and oxygen atoms in total. The van der Waals surface area contributed by atoms with Crippen LogP contribution in [0.25, 0.3) is 0 Å². The van der Waals surface area contributed by atoms with Crippen molar-refractivity contribution in [2.45, 2.75) is 380 Å². The van der Waals surface area contributed by atoms with E-state index in [1.165, 1.54) is 250 Å². The Kier molecular flexibility index (Phi) is 64.6. The van der Waals surface area contributed by atoms with Crippen molar-refractivity contribution in [3.05, 3.63) is 48.6 Å². The van der Waals surface area contributed by atoms with Crippen molar-refractivity contribution in [1.29, 1.82) is 0 Å². The van der Waals surface area contributed by atoms with E-state index in [-0.39, 0.29) is 31.1 Å². The summed E-state index contributed by atoms with van der Waals surface area (Å²) in [6.07, 6.45) is 84.7. The van der Waals surface area contributed by atoms with Gasteiger partial charge in [-0.1, -0.05) is 345 Å². The maximum atomic E-state index is 12.9. The van der Waals surface area contributed by atoms with Gasteiger partial charge < -0.3 is 14.2 Å². The molecule has 0 saturated carbocycles. The Morgan fingerprint density at radius 2 is 0.500 bits per heavy atom. The first-order valence-corrected chi connectivity index (χ1v) is 34.6. The number of carbonyl (C=O) groups is 3. The molecule has 0 N–H and O–H groups in total. The SMILES string of the molecule is CC/C=C\C/C=C\C/C=C\C/C=C\CCCCCCCCCCCCCCC(=O)OC(COC(=O)CCCCCCCC)COC(=O)CCCCCCCCCCCCCCCCCCCCCCCCCCCCCCC. The van der Waals surface area contributed by atoms with Crippen LogP contribution in [0, 0.1) is 0 Å². The number of unbranched alkanes of at least 4 members (excludes halogenated alkanes) is 45. The first kappa shape index (κ1) is 75.4. The zero-order chi connectivity index (χ0) is 56.4. The third kappa shape index (κ3) is 64.2. The fourth-order valence-electron chi connectivity index (χ4n) is 10.4. The lowest BCUT2D eigenvalue weighted by molar-refractivity contribution is -0.167. The van der Waals surface area contributed by atoms with E-state index in [4.69, 9.17) is 14.2 Å². The molecule has 6 heteroatoms. The van der Waals surface area contributed by atoms with Crippen LogP contribution in [0.15, 0.2) is 48.6 Å². The molecule has 0 aliphatic heterocycles. The highest BCUT2D eigenvalue weighted by Gasteiger charge is 2.19. The van der Waals surface area contributed by atoms with E-state index < -0.39 is 6.10 Å². The van der Waals surface area contributed by atoms with Crippen LogP contribution in [0.4, 0.5) is 0 Å². The number of allylic oxidation sites excluding steroid dienone is 8. The summed E-state index contributed by atoms with van der Waals surface area (Å²) in [5, 5.41) is 0. The Bertz CT molecular complexity index is 1350. The molecule has 0 saturated heterocycles. The number of carbonyl (C=O) groups excluding carboxylic acids is 3. The molecule has 0 radical (unpaired) electrons. The van der Waals surface area contributed by atoms with Crippen LogP contribution in [0.2, 0.25) is 0 Å². The molecule has 0 aliphatic carbocycles. The number of rotatable bonds is 64. The standard InChI is InChI=1S/C72H132O6/c1-4-7-10-13-16-18-20-22-24-26-28-30-32-34-35-36-37-39-40-42-44-46-48-50-52-54-56-59-62-65-71(74)77-68-69(67-76-70(73)64-61-58-15-12-9-6-3)78-72(75)66-63-60-57-55-53-51-49-47-45-43-41-38-33-31-29-27-25-23-21-19-17-14-11-8-5-2/h8,11,17,19,23,25,29,31,69H,4-7,9-10,12-16,18,20-22,24,26-28,30,32-68H2,1-3H3/b11-8-,19-17-,25-23-,31-29-. The Hall–Kier alpha value is -2.63. The minimum absolute atomic E-state index is 0.0690. The highest BCUT2D eigenvalue weighted by atomic mass is 16.6.